The van der Waals surface area contributed by atoms with E-state index in [2.05, 4.69) is 21.1 Å². The number of thiophene rings is 1. The SMILES string of the molecule is O=C(NC1CC2CCN1C2)c1cc2c(C#CC(F)F)csc2cn1. The number of fused-ring (bicyclic) bond motifs is 3. The first-order valence-corrected chi connectivity index (χ1v) is 8.70. The maximum Gasteiger partial charge on any atom is 0.299 e. The van der Waals surface area contributed by atoms with Gasteiger partial charge < -0.3 is 5.32 Å². The second-order valence-corrected chi connectivity index (χ2v) is 7.07. The summed E-state index contributed by atoms with van der Waals surface area (Å²) in [5.41, 5.74) is 0.806. The third-order valence-electron chi connectivity index (χ3n) is 4.62. The Morgan fingerprint density at radius 3 is 3.08 bits per heavy atom. The van der Waals surface area contributed by atoms with Crippen LogP contribution in [0, 0.1) is 17.8 Å². The minimum absolute atomic E-state index is 0.0781. The van der Waals surface area contributed by atoms with Gasteiger partial charge in [-0.15, -0.1) is 11.3 Å². The smallest absolute Gasteiger partial charge is 0.299 e. The Morgan fingerprint density at radius 2 is 2.38 bits per heavy atom. The number of alkyl halides is 2. The molecule has 4 nitrogen and oxygen atoms in total. The van der Waals surface area contributed by atoms with E-state index in [1.807, 2.05) is 5.92 Å². The van der Waals surface area contributed by atoms with Gasteiger partial charge in [0.15, 0.2) is 0 Å². The van der Waals surface area contributed by atoms with Crippen LogP contribution in [0.3, 0.4) is 0 Å². The van der Waals surface area contributed by atoms with Crippen molar-refractivity contribution in [1.29, 1.82) is 0 Å². The first-order chi connectivity index (χ1) is 11.6. The van der Waals surface area contributed by atoms with Gasteiger partial charge in [-0.1, -0.05) is 5.92 Å². The summed E-state index contributed by atoms with van der Waals surface area (Å²) < 4.78 is 25.4. The fraction of sp³-hybridized carbons (Fsp3) is 0.412. The molecule has 1 N–H and O–H groups in total. The van der Waals surface area contributed by atoms with Gasteiger partial charge in [0.2, 0.25) is 0 Å². The second kappa shape index (κ2) is 6.11. The lowest BCUT2D eigenvalue weighted by Gasteiger charge is -2.25. The van der Waals surface area contributed by atoms with E-state index in [0.717, 1.165) is 24.2 Å². The summed E-state index contributed by atoms with van der Waals surface area (Å²) >= 11 is 1.38. The Kier molecular flexibility index (Phi) is 3.94. The maximum atomic E-state index is 12.5. The maximum absolute atomic E-state index is 12.5. The number of nitrogens with one attached hydrogen (secondary N) is 1. The Morgan fingerprint density at radius 1 is 1.50 bits per heavy atom. The minimum Gasteiger partial charge on any atom is -0.335 e. The van der Waals surface area contributed by atoms with Crippen LogP contribution in [0.5, 0.6) is 0 Å². The zero-order valence-corrected chi connectivity index (χ0v) is 13.6. The van der Waals surface area contributed by atoms with Gasteiger partial charge in [-0.05, 0) is 30.7 Å². The highest BCUT2D eigenvalue weighted by Gasteiger charge is 2.38. The molecule has 2 aliphatic rings. The molecule has 2 aromatic rings. The van der Waals surface area contributed by atoms with Crippen LogP contribution in [-0.2, 0) is 0 Å². The van der Waals surface area contributed by atoms with Crippen molar-refractivity contribution in [3.05, 3.63) is 28.9 Å². The molecule has 3 atom stereocenters. The average molecular weight is 347 g/mol. The molecule has 2 fully saturated rings. The highest BCUT2D eigenvalue weighted by Crippen LogP contribution is 2.31. The van der Waals surface area contributed by atoms with Crippen LogP contribution >= 0.6 is 11.3 Å². The molecule has 24 heavy (non-hydrogen) atoms. The topological polar surface area (TPSA) is 45.2 Å². The Bertz CT molecular complexity index is 854. The zero-order chi connectivity index (χ0) is 16.7. The number of halogens is 2. The molecule has 0 radical (unpaired) electrons. The van der Waals surface area contributed by atoms with E-state index >= 15 is 0 Å². The van der Waals surface area contributed by atoms with Gasteiger partial charge >= 0.3 is 0 Å². The van der Waals surface area contributed by atoms with Gasteiger partial charge in [-0.3, -0.25) is 9.69 Å². The van der Waals surface area contributed by atoms with E-state index in [9.17, 15) is 13.6 Å². The van der Waals surface area contributed by atoms with E-state index in [-0.39, 0.29) is 12.1 Å². The molecule has 4 rings (SSSR count). The molecule has 124 valence electrons. The number of pyridine rings is 1. The van der Waals surface area contributed by atoms with Gasteiger partial charge in [-0.2, -0.15) is 8.78 Å². The summed E-state index contributed by atoms with van der Waals surface area (Å²) in [5.74, 6) is 4.78. The number of amides is 1. The highest BCUT2D eigenvalue weighted by molar-refractivity contribution is 7.17. The summed E-state index contributed by atoms with van der Waals surface area (Å²) in [6.45, 7) is 2.08. The molecular formula is C17H15F2N3OS. The largest absolute Gasteiger partial charge is 0.335 e. The second-order valence-electron chi connectivity index (χ2n) is 6.16. The molecule has 7 heteroatoms. The number of piperidine rings is 1. The van der Waals surface area contributed by atoms with E-state index in [0.29, 0.717) is 22.6 Å². The van der Waals surface area contributed by atoms with Gasteiger partial charge in [0.05, 0.1) is 10.9 Å². The van der Waals surface area contributed by atoms with Crippen LogP contribution in [0.4, 0.5) is 8.78 Å². The van der Waals surface area contributed by atoms with Crippen molar-refractivity contribution in [2.75, 3.05) is 13.1 Å². The summed E-state index contributed by atoms with van der Waals surface area (Å²) in [5, 5.41) is 5.43. The lowest BCUT2D eigenvalue weighted by molar-refractivity contribution is 0.0878. The Labute approximate surface area is 141 Å². The molecule has 0 aromatic carbocycles. The number of hydrogen-bond acceptors (Lipinski definition) is 4. The number of carbonyl (C=O) groups is 1. The summed E-state index contributed by atoms with van der Waals surface area (Å²) in [6, 6.07) is 1.64. The van der Waals surface area contributed by atoms with Crippen molar-refractivity contribution in [1.82, 2.24) is 15.2 Å². The van der Waals surface area contributed by atoms with Crippen molar-refractivity contribution in [2.45, 2.75) is 25.4 Å². The van der Waals surface area contributed by atoms with Crippen LogP contribution in [0.25, 0.3) is 10.1 Å². The lowest BCUT2D eigenvalue weighted by Crippen LogP contribution is -2.45. The number of aromatic nitrogens is 1. The van der Waals surface area contributed by atoms with E-state index in [1.54, 1.807) is 17.6 Å². The minimum atomic E-state index is -2.67. The fourth-order valence-electron chi connectivity index (χ4n) is 3.46. The van der Waals surface area contributed by atoms with E-state index in [1.165, 1.54) is 17.8 Å². The number of nitrogens with zero attached hydrogens (tertiary/aromatic N) is 2. The fourth-order valence-corrected chi connectivity index (χ4v) is 4.30. The molecule has 0 aliphatic carbocycles. The predicted octanol–water partition coefficient (Wildman–Crippen LogP) is 2.69. The number of rotatable bonds is 2. The van der Waals surface area contributed by atoms with Gasteiger partial charge in [0.25, 0.3) is 12.3 Å². The van der Waals surface area contributed by atoms with Crippen molar-refractivity contribution in [3.63, 3.8) is 0 Å². The molecule has 3 unspecified atom stereocenters. The van der Waals surface area contributed by atoms with Gasteiger partial charge in [0, 0.05) is 35.6 Å². The third-order valence-corrected chi connectivity index (χ3v) is 5.56. The molecule has 1 amide bonds. The van der Waals surface area contributed by atoms with Crippen molar-refractivity contribution in [2.24, 2.45) is 5.92 Å². The molecule has 0 saturated carbocycles. The third kappa shape index (κ3) is 2.87. The molecule has 0 spiro atoms. The summed E-state index contributed by atoms with van der Waals surface area (Å²) in [7, 11) is 0. The quantitative estimate of drug-likeness (QED) is 0.850. The van der Waals surface area contributed by atoms with Gasteiger partial charge in [-0.25, -0.2) is 4.98 Å². The molecule has 4 heterocycles. The Balaban J connectivity index is 1.56. The van der Waals surface area contributed by atoms with Crippen molar-refractivity contribution < 1.29 is 13.6 Å². The van der Waals surface area contributed by atoms with Crippen LogP contribution in [-0.4, -0.2) is 41.5 Å². The normalized spacial score (nSPS) is 25.0. The monoisotopic (exact) mass is 347 g/mol. The van der Waals surface area contributed by atoms with Crippen LogP contribution in [0.15, 0.2) is 17.6 Å². The number of carbonyl (C=O) groups excluding carboxylic acids is 1. The lowest BCUT2D eigenvalue weighted by atomic mass is 10.0. The molecular weight excluding hydrogens is 332 g/mol. The number of hydrogen-bond donors (Lipinski definition) is 1. The standard InChI is InChI=1S/C17H15F2N3OS/c18-15(19)2-1-11-9-24-14-7-20-13(6-12(11)14)17(23)21-16-5-10-3-4-22(16)8-10/h6-7,9-10,15-16H,3-5,8H2,(H,21,23). The van der Waals surface area contributed by atoms with Crippen LogP contribution in [0.1, 0.15) is 28.9 Å². The van der Waals surface area contributed by atoms with Gasteiger partial charge in [0.1, 0.15) is 5.69 Å². The van der Waals surface area contributed by atoms with Crippen molar-refractivity contribution >= 4 is 27.3 Å². The predicted molar refractivity (Wildman–Crippen MR) is 88.1 cm³/mol. The first kappa shape index (κ1) is 15.5. The summed E-state index contributed by atoms with van der Waals surface area (Å²) in [4.78, 5) is 19.0. The molecule has 2 aromatic heterocycles. The zero-order valence-electron chi connectivity index (χ0n) is 12.8. The van der Waals surface area contributed by atoms with E-state index in [4.69, 9.17) is 0 Å². The van der Waals surface area contributed by atoms with E-state index < -0.39 is 6.43 Å². The van der Waals surface area contributed by atoms with Crippen LogP contribution < -0.4 is 5.32 Å². The summed E-state index contributed by atoms with van der Waals surface area (Å²) in [6.07, 6.45) is 1.20. The molecule has 2 saturated heterocycles. The van der Waals surface area contributed by atoms with Crippen molar-refractivity contribution in [3.8, 4) is 11.8 Å². The molecule has 2 bridgehead atoms. The average Bonchev–Trinajstić information content (AvgIpc) is 3.27. The molecule has 2 aliphatic heterocycles. The Hall–Kier alpha value is -2.04. The van der Waals surface area contributed by atoms with Crippen LogP contribution in [0.2, 0.25) is 0 Å². The highest BCUT2D eigenvalue weighted by atomic mass is 32.1. The first-order valence-electron chi connectivity index (χ1n) is 7.82.